The zero-order valence-corrected chi connectivity index (χ0v) is 20.0. The largest absolute Gasteiger partial charge is 0.462 e. The Morgan fingerprint density at radius 1 is 1.26 bits per heavy atom. The summed E-state index contributed by atoms with van der Waals surface area (Å²) in [4.78, 5) is 11.9. The summed E-state index contributed by atoms with van der Waals surface area (Å²) in [6, 6.07) is 0. The number of aliphatic hydroxyl groups is 2. The molecule has 4 heteroatoms. The van der Waals surface area contributed by atoms with Crippen LogP contribution in [-0.2, 0) is 9.53 Å². The number of ether oxygens (including phenoxy) is 1. The molecule has 0 aliphatic heterocycles. The zero-order valence-electron chi connectivity index (χ0n) is 20.0. The van der Waals surface area contributed by atoms with Crippen LogP contribution in [0.3, 0.4) is 0 Å². The lowest BCUT2D eigenvalue weighted by molar-refractivity contribution is -0.150. The summed E-state index contributed by atoms with van der Waals surface area (Å²) in [5.41, 5.74) is 1.45. The molecule has 0 aromatic carbocycles. The Kier molecular flexibility index (Phi) is 10.3. The van der Waals surface area contributed by atoms with E-state index in [0.29, 0.717) is 30.6 Å². The van der Waals surface area contributed by atoms with Crippen molar-refractivity contribution in [3.63, 3.8) is 0 Å². The number of hydrogen-bond acceptors (Lipinski definition) is 4. The van der Waals surface area contributed by atoms with Crippen LogP contribution in [0.4, 0.5) is 0 Å². The lowest BCUT2D eigenvalue weighted by Crippen LogP contribution is -2.19. The molecule has 0 amide bonds. The molecule has 2 saturated carbocycles. The topological polar surface area (TPSA) is 66.8 Å². The molecule has 2 aliphatic carbocycles. The molecule has 0 bridgehead atoms. The van der Waals surface area contributed by atoms with Crippen LogP contribution in [-0.4, -0.2) is 34.5 Å². The predicted molar refractivity (Wildman–Crippen MR) is 125 cm³/mol. The Bertz CT molecular complexity index is 696. The van der Waals surface area contributed by atoms with Crippen molar-refractivity contribution in [3.05, 3.63) is 23.8 Å². The van der Waals surface area contributed by atoms with Crippen molar-refractivity contribution in [3.8, 4) is 11.8 Å². The highest BCUT2D eigenvalue weighted by Crippen LogP contribution is 2.50. The van der Waals surface area contributed by atoms with Gasteiger partial charge in [0.05, 0.1) is 12.2 Å². The third-order valence-corrected chi connectivity index (χ3v) is 7.10. The quantitative estimate of drug-likeness (QED) is 0.220. The molecule has 0 radical (unpaired) electrons. The summed E-state index contributed by atoms with van der Waals surface area (Å²) in [6.07, 6.45) is 11.1. The van der Waals surface area contributed by atoms with Crippen LogP contribution >= 0.6 is 0 Å². The molecule has 0 spiro atoms. The summed E-state index contributed by atoms with van der Waals surface area (Å²) in [5, 5.41) is 20.9. The fourth-order valence-corrected chi connectivity index (χ4v) is 4.71. The number of hydrogen-bond donors (Lipinski definition) is 2. The molecule has 2 aliphatic rings. The van der Waals surface area contributed by atoms with Crippen molar-refractivity contribution >= 4 is 5.97 Å². The minimum atomic E-state index is -0.526. The van der Waals surface area contributed by atoms with Gasteiger partial charge in [-0.25, -0.2) is 0 Å². The molecule has 2 rings (SSSR count). The number of allylic oxidation sites excluding steroid dienone is 2. The minimum Gasteiger partial charge on any atom is -0.462 e. The van der Waals surface area contributed by atoms with Crippen molar-refractivity contribution in [2.24, 2.45) is 29.6 Å². The van der Waals surface area contributed by atoms with Crippen molar-refractivity contribution in [1.29, 1.82) is 0 Å². The minimum absolute atomic E-state index is 0.0300. The van der Waals surface area contributed by atoms with E-state index in [4.69, 9.17) is 4.74 Å². The molecular formula is C27H42O4. The fraction of sp³-hybridized carbons (Fsp3) is 0.741. The number of carbonyl (C=O) groups excluding carboxylic acids is 1. The van der Waals surface area contributed by atoms with E-state index in [0.717, 1.165) is 32.1 Å². The predicted octanol–water partition coefficient (Wildman–Crippen LogP) is 5.04. The second-order valence-corrected chi connectivity index (χ2v) is 9.89. The van der Waals surface area contributed by atoms with Crippen LogP contribution in [0.15, 0.2) is 23.8 Å². The van der Waals surface area contributed by atoms with Gasteiger partial charge in [-0.1, -0.05) is 44.6 Å². The number of esters is 1. The summed E-state index contributed by atoms with van der Waals surface area (Å²) >= 11 is 0. The average Bonchev–Trinajstić information content (AvgIpc) is 3.23. The molecule has 4 nitrogen and oxygen atoms in total. The standard InChI is InChI=1S/C27H42O4/c1-6-7-10-19(4)25(28)14-13-23-24-16-21(15-22(24)17-26(23)29)11-8-9-12-27(30)31-20(5)18(2)3/h11,13-14,18-20,22-26,28-29H,8-10,12,15-17H2,1-5H3/t19?,20-,22-,23+,24-,25+,26+/m0/s1. The van der Waals surface area contributed by atoms with E-state index in [1.807, 2.05) is 32.9 Å². The maximum Gasteiger partial charge on any atom is 0.306 e. The third-order valence-electron chi connectivity index (χ3n) is 7.10. The summed E-state index contributed by atoms with van der Waals surface area (Å²) in [5.74, 6) is 7.32. The Labute approximate surface area is 189 Å². The maximum absolute atomic E-state index is 11.9. The number of unbranched alkanes of at least 4 members (excludes halogenated alkanes) is 1. The molecule has 0 aromatic heterocycles. The molecule has 31 heavy (non-hydrogen) atoms. The van der Waals surface area contributed by atoms with Gasteiger partial charge in [0.1, 0.15) is 6.10 Å². The van der Waals surface area contributed by atoms with Gasteiger partial charge in [0.25, 0.3) is 0 Å². The van der Waals surface area contributed by atoms with Gasteiger partial charge < -0.3 is 14.9 Å². The van der Waals surface area contributed by atoms with Gasteiger partial charge in [0.15, 0.2) is 0 Å². The van der Waals surface area contributed by atoms with Crippen LogP contribution in [0.2, 0.25) is 0 Å². The maximum atomic E-state index is 11.9. The van der Waals surface area contributed by atoms with Gasteiger partial charge in [-0.05, 0) is 69.6 Å². The molecule has 7 atom stereocenters. The van der Waals surface area contributed by atoms with Gasteiger partial charge in [-0.15, -0.1) is 11.8 Å². The molecule has 2 fully saturated rings. The molecular weight excluding hydrogens is 388 g/mol. The smallest absolute Gasteiger partial charge is 0.306 e. The van der Waals surface area contributed by atoms with E-state index in [1.54, 1.807) is 0 Å². The second kappa shape index (κ2) is 12.5. The van der Waals surface area contributed by atoms with E-state index in [1.165, 1.54) is 5.57 Å². The van der Waals surface area contributed by atoms with Crippen molar-refractivity contribution in [2.75, 3.05) is 0 Å². The number of aliphatic hydroxyl groups excluding tert-OH is 2. The number of rotatable bonds is 10. The van der Waals surface area contributed by atoms with Gasteiger partial charge in [0.2, 0.25) is 0 Å². The number of carbonyl (C=O) groups is 1. The van der Waals surface area contributed by atoms with Crippen molar-refractivity contribution < 1.29 is 19.7 Å². The highest BCUT2D eigenvalue weighted by molar-refractivity contribution is 5.69. The van der Waals surface area contributed by atoms with E-state index in [-0.39, 0.29) is 30.0 Å². The van der Waals surface area contributed by atoms with Gasteiger partial charge in [-0.3, -0.25) is 4.79 Å². The molecule has 1 unspecified atom stereocenters. The summed E-state index contributed by atoms with van der Waals surface area (Å²) in [6.45, 7) is 9.87. The SMILES string of the molecule is CC#CCC(C)[C@H](O)C=C[C@@H]1[C@H]2CC(=CCCCC(=O)O[C@@H](C)C(C)C)C[C@H]2C[C@H]1O. The first kappa shape index (κ1) is 25.7. The Hall–Kier alpha value is -1.57. The monoisotopic (exact) mass is 430 g/mol. The van der Waals surface area contributed by atoms with Crippen LogP contribution in [0.5, 0.6) is 0 Å². The third kappa shape index (κ3) is 7.81. The lowest BCUT2D eigenvalue weighted by Gasteiger charge is -2.19. The Morgan fingerprint density at radius 3 is 2.68 bits per heavy atom. The molecule has 0 heterocycles. The Balaban J connectivity index is 1.81. The number of fused-ring (bicyclic) bond motifs is 1. The molecule has 0 aromatic rings. The Morgan fingerprint density at radius 2 is 2.00 bits per heavy atom. The first-order valence-corrected chi connectivity index (χ1v) is 12.0. The van der Waals surface area contributed by atoms with E-state index < -0.39 is 6.10 Å². The van der Waals surface area contributed by atoms with Gasteiger partial charge in [0, 0.05) is 18.8 Å². The van der Waals surface area contributed by atoms with Crippen LogP contribution in [0.1, 0.15) is 79.6 Å². The van der Waals surface area contributed by atoms with E-state index in [9.17, 15) is 15.0 Å². The summed E-state index contributed by atoms with van der Waals surface area (Å²) in [7, 11) is 0. The lowest BCUT2D eigenvalue weighted by atomic mass is 9.89. The first-order chi connectivity index (χ1) is 14.7. The molecule has 0 saturated heterocycles. The van der Waals surface area contributed by atoms with Crippen LogP contribution in [0.25, 0.3) is 0 Å². The van der Waals surface area contributed by atoms with Crippen molar-refractivity contribution in [1.82, 2.24) is 0 Å². The van der Waals surface area contributed by atoms with Gasteiger partial charge in [-0.2, -0.15) is 0 Å². The van der Waals surface area contributed by atoms with Crippen molar-refractivity contribution in [2.45, 2.75) is 97.9 Å². The normalized spacial score (nSPS) is 29.6. The first-order valence-electron chi connectivity index (χ1n) is 12.0. The highest BCUT2D eigenvalue weighted by Gasteiger charge is 2.44. The second-order valence-electron chi connectivity index (χ2n) is 9.89. The molecule has 2 N–H and O–H groups in total. The van der Waals surface area contributed by atoms with Gasteiger partial charge >= 0.3 is 5.97 Å². The molecule has 174 valence electrons. The van der Waals surface area contributed by atoms with Crippen LogP contribution < -0.4 is 0 Å². The summed E-state index contributed by atoms with van der Waals surface area (Å²) < 4.78 is 5.43. The zero-order chi connectivity index (χ0) is 23.0. The highest BCUT2D eigenvalue weighted by atomic mass is 16.5. The van der Waals surface area contributed by atoms with E-state index in [2.05, 4.69) is 31.8 Å². The van der Waals surface area contributed by atoms with E-state index >= 15 is 0 Å². The van der Waals surface area contributed by atoms with Crippen LogP contribution in [0, 0.1) is 41.4 Å². The fourth-order valence-electron chi connectivity index (χ4n) is 4.71. The average molecular weight is 431 g/mol.